The summed E-state index contributed by atoms with van der Waals surface area (Å²) in [6.45, 7) is 0.772. The smallest absolute Gasteiger partial charge is 0.229 e. The quantitative estimate of drug-likeness (QED) is 0.415. The molecule has 4 rings (SSSR count). The summed E-state index contributed by atoms with van der Waals surface area (Å²) in [5.41, 5.74) is 3.26. The van der Waals surface area contributed by atoms with Gasteiger partial charge in [0.05, 0.1) is 14.2 Å². The van der Waals surface area contributed by atoms with Crippen LogP contribution in [-0.2, 0) is 6.42 Å². The third-order valence-corrected chi connectivity index (χ3v) is 4.67. The molecule has 0 atom stereocenters. The molecular weight excluding hydrogens is 366 g/mol. The zero-order chi connectivity index (χ0) is 20.1. The molecule has 0 aliphatic heterocycles. The van der Waals surface area contributed by atoms with E-state index in [1.165, 1.54) is 10.9 Å². The number of nitrogens with zero attached hydrogens (tertiary/aromatic N) is 2. The lowest BCUT2D eigenvalue weighted by Gasteiger charge is -2.11. The highest BCUT2D eigenvalue weighted by Gasteiger charge is 2.07. The van der Waals surface area contributed by atoms with E-state index < -0.39 is 0 Å². The van der Waals surface area contributed by atoms with Crippen molar-refractivity contribution in [3.8, 4) is 11.5 Å². The van der Waals surface area contributed by atoms with E-state index in [-0.39, 0.29) is 0 Å². The van der Waals surface area contributed by atoms with Crippen molar-refractivity contribution in [3.63, 3.8) is 0 Å². The fourth-order valence-electron chi connectivity index (χ4n) is 3.22. The van der Waals surface area contributed by atoms with Gasteiger partial charge in [-0.1, -0.05) is 18.2 Å². The van der Waals surface area contributed by atoms with Crippen molar-refractivity contribution < 1.29 is 9.47 Å². The SMILES string of the molecule is COc1ccc(Nc2nccc(NCCc3c[nH]c4ccccc34)n2)cc1OC. The first-order valence-corrected chi connectivity index (χ1v) is 9.38. The highest BCUT2D eigenvalue weighted by atomic mass is 16.5. The molecular formula is C22H23N5O2. The molecule has 0 bridgehead atoms. The molecule has 7 heteroatoms. The molecule has 0 fully saturated rings. The summed E-state index contributed by atoms with van der Waals surface area (Å²) < 4.78 is 10.6. The van der Waals surface area contributed by atoms with E-state index in [4.69, 9.17) is 9.47 Å². The van der Waals surface area contributed by atoms with Gasteiger partial charge in [-0.15, -0.1) is 0 Å². The number of H-pyrrole nitrogens is 1. The Kier molecular flexibility index (Phi) is 5.47. The molecule has 0 saturated heterocycles. The van der Waals surface area contributed by atoms with Gasteiger partial charge in [0, 0.05) is 41.6 Å². The van der Waals surface area contributed by atoms with Gasteiger partial charge in [0.1, 0.15) is 5.82 Å². The molecule has 7 nitrogen and oxygen atoms in total. The van der Waals surface area contributed by atoms with Crippen molar-refractivity contribution in [2.45, 2.75) is 6.42 Å². The predicted octanol–water partition coefficient (Wildman–Crippen LogP) is 4.37. The maximum absolute atomic E-state index is 5.34. The molecule has 2 heterocycles. The number of aromatic nitrogens is 3. The molecule has 0 aliphatic carbocycles. The van der Waals surface area contributed by atoms with Crippen LogP contribution in [0, 0.1) is 0 Å². The van der Waals surface area contributed by atoms with Crippen LogP contribution in [0.4, 0.5) is 17.5 Å². The van der Waals surface area contributed by atoms with Crippen molar-refractivity contribution in [1.82, 2.24) is 15.0 Å². The third-order valence-electron chi connectivity index (χ3n) is 4.67. The number of hydrogen-bond donors (Lipinski definition) is 3. The second-order valence-corrected chi connectivity index (χ2v) is 6.50. The highest BCUT2D eigenvalue weighted by molar-refractivity contribution is 5.83. The molecule has 0 amide bonds. The van der Waals surface area contributed by atoms with Crippen molar-refractivity contribution >= 4 is 28.4 Å². The van der Waals surface area contributed by atoms with E-state index in [0.717, 1.165) is 30.0 Å². The second-order valence-electron chi connectivity index (χ2n) is 6.50. The molecule has 0 radical (unpaired) electrons. The van der Waals surface area contributed by atoms with Gasteiger partial charge in [0.15, 0.2) is 11.5 Å². The maximum atomic E-state index is 5.34. The lowest BCUT2D eigenvalue weighted by Crippen LogP contribution is -2.07. The summed E-state index contributed by atoms with van der Waals surface area (Å²) in [5.74, 6) is 2.59. The van der Waals surface area contributed by atoms with E-state index in [0.29, 0.717) is 17.4 Å². The van der Waals surface area contributed by atoms with E-state index in [1.54, 1.807) is 20.4 Å². The molecule has 29 heavy (non-hydrogen) atoms. The van der Waals surface area contributed by atoms with Crippen molar-refractivity contribution in [1.29, 1.82) is 0 Å². The number of ether oxygens (including phenoxy) is 2. The number of anilines is 3. The highest BCUT2D eigenvalue weighted by Crippen LogP contribution is 2.30. The van der Waals surface area contributed by atoms with Crippen LogP contribution in [0.5, 0.6) is 11.5 Å². The van der Waals surface area contributed by atoms with Gasteiger partial charge >= 0.3 is 0 Å². The van der Waals surface area contributed by atoms with Crippen LogP contribution in [0.25, 0.3) is 10.9 Å². The molecule has 0 spiro atoms. The fourth-order valence-corrected chi connectivity index (χ4v) is 3.22. The number of hydrogen-bond acceptors (Lipinski definition) is 6. The predicted molar refractivity (Wildman–Crippen MR) is 115 cm³/mol. The van der Waals surface area contributed by atoms with Crippen LogP contribution in [-0.4, -0.2) is 35.7 Å². The molecule has 148 valence electrons. The molecule has 4 aromatic rings. The van der Waals surface area contributed by atoms with Crippen molar-refractivity contribution in [3.05, 3.63) is 66.5 Å². The van der Waals surface area contributed by atoms with Gasteiger partial charge in [0.2, 0.25) is 5.95 Å². The average molecular weight is 389 g/mol. The van der Waals surface area contributed by atoms with Gasteiger partial charge in [0.25, 0.3) is 0 Å². The van der Waals surface area contributed by atoms with Crippen molar-refractivity contribution in [2.75, 3.05) is 31.4 Å². The molecule has 0 saturated carbocycles. The van der Waals surface area contributed by atoms with Crippen molar-refractivity contribution in [2.24, 2.45) is 0 Å². The minimum absolute atomic E-state index is 0.509. The first kappa shape index (κ1) is 18.6. The number of benzene rings is 2. The normalized spacial score (nSPS) is 10.7. The van der Waals surface area contributed by atoms with Gasteiger partial charge in [-0.05, 0) is 36.2 Å². The minimum atomic E-state index is 0.509. The van der Waals surface area contributed by atoms with E-state index >= 15 is 0 Å². The largest absolute Gasteiger partial charge is 0.493 e. The Morgan fingerprint density at radius 3 is 2.72 bits per heavy atom. The Labute approximate surface area is 169 Å². The summed E-state index contributed by atoms with van der Waals surface area (Å²) in [6.07, 6.45) is 4.69. The Balaban J connectivity index is 1.40. The summed E-state index contributed by atoms with van der Waals surface area (Å²) in [5, 5.41) is 7.82. The topological polar surface area (TPSA) is 84.1 Å². The molecule has 3 N–H and O–H groups in total. The summed E-state index contributed by atoms with van der Waals surface area (Å²) in [4.78, 5) is 12.1. The molecule has 2 aromatic heterocycles. The van der Waals surface area contributed by atoms with Crippen LogP contribution >= 0.6 is 0 Å². The molecule has 0 unspecified atom stereocenters. The van der Waals surface area contributed by atoms with Crippen LogP contribution in [0.1, 0.15) is 5.56 Å². The Hall–Kier alpha value is -3.74. The van der Waals surface area contributed by atoms with E-state index in [9.17, 15) is 0 Å². The first-order valence-electron chi connectivity index (χ1n) is 9.38. The monoisotopic (exact) mass is 389 g/mol. The Morgan fingerprint density at radius 2 is 1.86 bits per heavy atom. The Bertz CT molecular complexity index is 1110. The molecule has 0 aliphatic rings. The first-order chi connectivity index (χ1) is 14.3. The fraction of sp³-hybridized carbons (Fsp3) is 0.182. The van der Waals surface area contributed by atoms with Gasteiger partial charge < -0.3 is 25.1 Å². The maximum Gasteiger partial charge on any atom is 0.229 e. The third kappa shape index (κ3) is 4.24. The van der Waals surface area contributed by atoms with Gasteiger partial charge in [-0.25, -0.2) is 4.98 Å². The number of methoxy groups -OCH3 is 2. The zero-order valence-corrected chi connectivity index (χ0v) is 16.4. The number of fused-ring (bicyclic) bond motifs is 1. The van der Waals surface area contributed by atoms with E-state index in [1.807, 2.05) is 30.3 Å². The van der Waals surface area contributed by atoms with Gasteiger partial charge in [-0.3, -0.25) is 0 Å². The lowest BCUT2D eigenvalue weighted by atomic mass is 10.1. The second kappa shape index (κ2) is 8.52. The zero-order valence-electron chi connectivity index (χ0n) is 16.4. The van der Waals surface area contributed by atoms with Crippen LogP contribution in [0.2, 0.25) is 0 Å². The summed E-state index contributed by atoms with van der Waals surface area (Å²) in [7, 11) is 3.22. The summed E-state index contributed by atoms with van der Waals surface area (Å²) >= 11 is 0. The van der Waals surface area contributed by atoms with Crippen LogP contribution < -0.4 is 20.1 Å². The lowest BCUT2D eigenvalue weighted by molar-refractivity contribution is 0.355. The van der Waals surface area contributed by atoms with Crippen LogP contribution in [0.15, 0.2) is 60.9 Å². The number of rotatable bonds is 8. The average Bonchev–Trinajstić information content (AvgIpc) is 3.17. The summed E-state index contributed by atoms with van der Waals surface area (Å²) in [6, 6.07) is 15.7. The van der Waals surface area contributed by atoms with Gasteiger partial charge in [-0.2, -0.15) is 4.98 Å². The number of para-hydroxylation sites is 1. The number of aromatic amines is 1. The van der Waals surface area contributed by atoms with Crippen LogP contribution in [0.3, 0.4) is 0 Å². The number of nitrogens with one attached hydrogen (secondary N) is 3. The Morgan fingerprint density at radius 1 is 1.00 bits per heavy atom. The molecule has 2 aromatic carbocycles. The standard InChI is InChI=1S/C22H23N5O2/c1-28-19-8-7-16(13-20(19)29-2)26-22-24-12-10-21(27-22)23-11-9-15-14-25-18-6-4-3-5-17(15)18/h3-8,10,12-14,25H,9,11H2,1-2H3,(H2,23,24,26,27). The minimum Gasteiger partial charge on any atom is -0.493 e. The van der Waals surface area contributed by atoms with E-state index in [2.05, 4.69) is 50.0 Å².